The highest BCUT2D eigenvalue weighted by molar-refractivity contribution is 7.16. The molecule has 6 heteroatoms. The molecule has 0 spiro atoms. The third-order valence-corrected chi connectivity index (χ3v) is 4.88. The molecule has 1 N–H and O–H groups in total. The smallest absolute Gasteiger partial charge is 0.341 e. The van der Waals surface area contributed by atoms with Crippen LogP contribution in [0.25, 0.3) is 0 Å². The van der Waals surface area contributed by atoms with Crippen LogP contribution in [0.5, 0.6) is 0 Å². The van der Waals surface area contributed by atoms with E-state index in [9.17, 15) is 9.59 Å². The number of ether oxygens (including phenoxy) is 1. The van der Waals surface area contributed by atoms with Gasteiger partial charge in [-0.3, -0.25) is 4.79 Å². The summed E-state index contributed by atoms with van der Waals surface area (Å²) in [7, 11) is 1.37. The van der Waals surface area contributed by atoms with Gasteiger partial charge in [0.15, 0.2) is 0 Å². The number of carboxylic acid groups (broad SMARTS) is 1. The quantitative estimate of drug-likeness (QED) is 0.740. The second-order valence-electron chi connectivity index (χ2n) is 5.77. The molecule has 124 valence electrons. The van der Waals surface area contributed by atoms with E-state index in [-0.39, 0.29) is 12.4 Å². The molecule has 0 radical (unpaired) electrons. The van der Waals surface area contributed by atoms with Gasteiger partial charge in [0.2, 0.25) is 0 Å². The maximum atomic E-state index is 12.1. The van der Waals surface area contributed by atoms with Crippen molar-refractivity contribution < 1.29 is 19.4 Å². The van der Waals surface area contributed by atoms with Crippen LogP contribution in [-0.4, -0.2) is 37.2 Å². The Kier molecular flexibility index (Phi) is 6.87. The Hall–Kier alpha value is -1.56. The van der Waals surface area contributed by atoms with Crippen LogP contribution in [0.1, 0.15) is 47.5 Å². The minimum absolute atomic E-state index is 0.0503. The Bertz CT molecular complexity index is 536. The number of hydrogen-bond donors (Lipinski definition) is 1. The highest BCUT2D eigenvalue weighted by Gasteiger charge is 2.24. The van der Waals surface area contributed by atoms with Crippen LogP contribution in [0.15, 0.2) is 0 Å². The monoisotopic (exact) mass is 327 g/mol. The second kappa shape index (κ2) is 8.17. The standard InChI is InChI=1S/C16H25NO4S/c1-10(2)6-8-17(9-7-13(18)19)15-14(16(20)21-5)11(3)12(4)22-15/h10H,6-9H2,1-5H3,(H,18,19). The van der Waals surface area contributed by atoms with E-state index in [0.717, 1.165) is 28.4 Å². The van der Waals surface area contributed by atoms with Crippen LogP contribution in [0.4, 0.5) is 5.00 Å². The van der Waals surface area contributed by atoms with Gasteiger partial charge in [0.05, 0.1) is 19.1 Å². The van der Waals surface area contributed by atoms with E-state index in [1.807, 2.05) is 18.7 Å². The number of anilines is 1. The largest absolute Gasteiger partial charge is 0.481 e. The Morgan fingerprint density at radius 3 is 2.41 bits per heavy atom. The normalized spacial score (nSPS) is 10.8. The van der Waals surface area contributed by atoms with E-state index >= 15 is 0 Å². The zero-order valence-electron chi connectivity index (χ0n) is 13.9. The van der Waals surface area contributed by atoms with E-state index in [0.29, 0.717) is 18.0 Å². The first-order chi connectivity index (χ1) is 10.3. The van der Waals surface area contributed by atoms with Gasteiger partial charge in [-0.25, -0.2) is 4.79 Å². The van der Waals surface area contributed by atoms with Gasteiger partial charge < -0.3 is 14.7 Å². The van der Waals surface area contributed by atoms with Gasteiger partial charge in [0, 0.05) is 18.0 Å². The Labute approximate surface area is 135 Å². The molecule has 1 aromatic rings. The molecule has 0 aromatic carbocycles. The highest BCUT2D eigenvalue weighted by Crippen LogP contribution is 2.36. The summed E-state index contributed by atoms with van der Waals surface area (Å²) in [5.41, 5.74) is 1.48. The molecule has 0 unspecified atom stereocenters. The van der Waals surface area contributed by atoms with Crippen molar-refractivity contribution in [2.75, 3.05) is 25.1 Å². The average Bonchev–Trinajstić information content (AvgIpc) is 2.73. The van der Waals surface area contributed by atoms with Crippen molar-refractivity contribution in [2.45, 2.75) is 40.5 Å². The molecule has 5 nitrogen and oxygen atoms in total. The lowest BCUT2D eigenvalue weighted by Gasteiger charge is -2.24. The van der Waals surface area contributed by atoms with E-state index in [1.165, 1.54) is 18.4 Å². The first kappa shape index (κ1) is 18.5. The van der Waals surface area contributed by atoms with Crippen LogP contribution in [0.3, 0.4) is 0 Å². The predicted molar refractivity (Wildman–Crippen MR) is 89.1 cm³/mol. The second-order valence-corrected chi connectivity index (χ2v) is 6.97. The number of nitrogens with zero attached hydrogens (tertiary/aromatic N) is 1. The summed E-state index contributed by atoms with van der Waals surface area (Å²) >= 11 is 1.53. The average molecular weight is 327 g/mol. The zero-order chi connectivity index (χ0) is 16.9. The lowest BCUT2D eigenvalue weighted by Crippen LogP contribution is -2.29. The molecular formula is C16H25NO4S. The molecule has 0 saturated heterocycles. The van der Waals surface area contributed by atoms with Gasteiger partial charge in [-0.1, -0.05) is 13.8 Å². The number of hydrogen-bond acceptors (Lipinski definition) is 5. The number of rotatable bonds is 8. The van der Waals surface area contributed by atoms with E-state index in [4.69, 9.17) is 9.84 Å². The summed E-state index contributed by atoms with van der Waals surface area (Å²) in [5.74, 6) is -0.683. The Morgan fingerprint density at radius 1 is 1.27 bits per heavy atom. The van der Waals surface area contributed by atoms with E-state index in [2.05, 4.69) is 13.8 Å². The van der Waals surface area contributed by atoms with Gasteiger partial charge in [-0.2, -0.15) is 0 Å². The lowest BCUT2D eigenvalue weighted by atomic mass is 10.1. The Morgan fingerprint density at radius 2 is 1.91 bits per heavy atom. The molecule has 0 amide bonds. The fraction of sp³-hybridized carbons (Fsp3) is 0.625. The van der Waals surface area contributed by atoms with Crippen molar-refractivity contribution in [2.24, 2.45) is 5.92 Å². The minimum Gasteiger partial charge on any atom is -0.481 e. The van der Waals surface area contributed by atoms with E-state index in [1.54, 1.807) is 0 Å². The molecule has 0 aliphatic heterocycles. The summed E-state index contributed by atoms with van der Waals surface area (Å²) < 4.78 is 4.90. The number of carboxylic acids is 1. The zero-order valence-corrected chi connectivity index (χ0v) is 14.7. The van der Waals surface area contributed by atoms with E-state index < -0.39 is 5.97 Å². The summed E-state index contributed by atoms with van der Waals surface area (Å²) in [6.45, 7) is 9.25. The molecule has 1 rings (SSSR count). The Balaban J connectivity index is 3.13. The fourth-order valence-electron chi connectivity index (χ4n) is 2.13. The first-order valence-corrected chi connectivity index (χ1v) is 8.24. The number of aryl methyl sites for hydroxylation is 1. The molecule has 0 saturated carbocycles. The maximum Gasteiger partial charge on any atom is 0.341 e. The topological polar surface area (TPSA) is 66.8 Å². The molecule has 0 aliphatic rings. The molecule has 0 bridgehead atoms. The number of methoxy groups -OCH3 is 1. The van der Waals surface area contributed by atoms with Crippen molar-refractivity contribution >= 4 is 28.3 Å². The van der Waals surface area contributed by atoms with Crippen molar-refractivity contribution in [1.82, 2.24) is 0 Å². The molecular weight excluding hydrogens is 302 g/mol. The van der Waals surface area contributed by atoms with Gasteiger partial charge in [0.25, 0.3) is 0 Å². The first-order valence-electron chi connectivity index (χ1n) is 7.43. The summed E-state index contributed by atoms with van der Waals surface area (Å²) in [4.78, 5) is 26.1. The van der Waals surface area contributed by atoms with Crippen LogP contribution in [0, 0.1) is 19.8 Å². The van der Waals surface area contributed by atoms with Crippen LogP contribution >= 0.6 is 11.3 Å². The van der Waals surface area contributed by atoms with Gasteiger partial charge in [0.1, 0.15) is 5.00 Å². The number of carbonyl (C=O) groups is 2. The van der Waals surface area contributed by atoms with Gasteiger partial charge in [-0.15, -0.1) is 11.3 Å². The highest BCUT2D eigenvalue weighted by atomic mass is 32.1. The van der Waals surface area contributed by atoms with Crippen molar-refractivity contribution in [3.05, 3.63) is 16.0 Å². The van der Waals surface area contributed by atoms with Crippen molar-refractivity contribution in [3.63, 3.8) is 0 Å². The van der Waals surface area contributed by atoms with Crippen LogP contribution in [0.2, 0.25) is 0 Å². The number of thiophene rings is 1. The molecule has 1 heterocycles. The maximum absolute atomic E-state index is 12.1. The van der Waals surface area contributed by atoms with Crippen LogP contribution in [-0.2, 0) is 9.53 Å². The van der Waals surface area contributed by atoms with Crippen molar-refractivity contribution in [3.8, 4) is 0 Å². The predicted octanol–water partition coefficient (Wildman–Crippen LogP) is 3.48. The third-order valence-electron chi connectivity index (χ3n) is 3.62. The summed E-state index contributed by atoms with van der Waals surface area (Å²) in [5, 5.41) is 9.78. The number of carbonyl (C=O) groups excluding carboxylic acids is 1. The summed E-state index contributed by atoms with van der Waals surface area (Å²) in [6.07, 6.45) is 0.991. The van der Waals surface area contributed by atoms with Crippen molar-refractivity contribution in [1.29, 1.82) is 0 Å². The number of aliphatic carboxylic acids is 1. The molecule has 0 aliphatic carbocycles. The third kappa shape index (κ3) is 4.73. The lowest BCUT2D eigenvalue weighted by molar-refractivity contribution is -0.136. The molecule has 22 heavy (non-hydrogen) atoms. The molecule has 1 aromatic heterocycles. The van der Waals surface area contributed by atoms with Gasteiger partial charge >= 0.3 is 11.9 Å². The SMILES string of the molecule is COC(=O)c1c(N(CCC(=O)O)CCC(C)C)sc(C)c1C. The molecule has 0 atom stereocenters. The molecule has 0 fully saturated rings. The van der Waals surface area contributed by atoms with Gasteiger partial charge in [-0.05, 0) is 31.7 Å². The summed E-state index contributed by atoms with van der Waals surface area (Å²) in [6, 6.07) is 0. The fourth-order valence-corrected chi connectivity index (χ4v) is 3.33. The number of esters is 1. The minimum atomic E-state index is -0.834. The van der Waals surface area contributed by atoms with Crippen LogP contribution < -0.4 is 4.90 Å².